The molecule has 0 fully saturated rings. The molecule has 0 saturated carbocycles. The minimum atomic E-state index is 0.229. The monoisotopic (exact) mass is 231 g/mol. The third-order valence-corrected chi connectivity index (χ3v) is 3.50. The van der Waals surface area contributed by atoms with E-state index in [0.29, 0.717) is 6.04 Å². The summed E-state index contributed by atoms with van der Waals surface area (Å²) in [6.45, 7) is 5.25. The maximum absolute atomic E-state index is 12.3. The Labute approximate surface area is 104 Å². The van der Waals surface area contributed by atoms with Crippen molar-refractivity contribution in [1.29, 1.82) is 0 Å². The molecule has 0 spiro atoms. The Hall–Kier alpha value is -1.31. The van der Waals surface area contributed by atoms with E-state index in [0.717, 1.165) is 37.8 Å². The third kappa shape index (κ3) is 2.21. The molecule has 1 aliphatic rings. The van der Waals surface area contributed by atoms with Crippen LogP contribution in [0.4, 0.5) is 0 Å². The van der Waals surface area contributed by atoms with Crippen LogP contribution in [-0.4, -0.2) is 17.4 Å². The smallest absolute Gasteiger partial charge is 0.254 e. The number of benzene rings is 1. The maximum atomic E-state index is 12.3. The zero-order chi connectivity index (χ0) is 12.3. The molecular weight excluding hydrogens is 210 g/mol. The zero-order valence-corrected chi connectivity index (χ0v) is 10.8. The van der Waals surface area contributed by atoms with E-state index < -0.39 is 0 Å². The van der Waals surface area contributed by atoms with Gasteiger partial charge in [0.2, 0.25) is 0 Å². The van der Waals surface area contributed by atoms with Crippen LogP contribution in [0.2, 0.25) is 0 Å². The van der Waals surface area contributed by atoms with E-state index in [1.807, 2.05) is 18.2 Å². The van der Waals surface area contributed by atoms with Crippen LogP contribution in [0.3, 0.4) is 0 Å². The second kappa shape index (κ2) is 5.35. The Morgan fingerprint density at radius 1 is 1.18 bits per heavy atom. The Kier molecular flexibility index (Phi) is 3.82. The van der Waals surface area contributed by atoms with E-state index in [1.54, 1.807) is 0 Å². The highest BCUT2D eigenvalue weighted by molar-refractivity contribution is 5.99. The van der Waals surface area contributed by atoms with Gasteiger partial charge in [0, 0.05) is 12.1 Å². The van der Waals surface area contributed by atoms with Crippen molar-refractivity contribution in [3.05, 3.63) is 35.4 Å². The second-order valence-electron chi connectivity index (χ2n) is 4.74. The SMILES string of the molecule is CCCCN1C(=O)c2ccccc2C1CCC. The van der Waals surface area contributed by atoms with Crippen molar-refractivity contribution in [3.63, 3.8) is 0 Å². The number of carbonyl (C=O) groups excluding carboxylic acids is 1. The van der Waals surface area contributed by atoms with E-state index in [-0.39, 0.29) is 5.91 Å². The molecule has 0 aromatic heterocycles. The number of rotatable bonds is 5. The normalized spacial score (nSPS) is 18.6. The first-order chi connectivity index (χ1) is 8.29. The minimum absolute atomic E-state index is 0.229. The number of nitrogens with zero attached hydrogens (tertiary/aromatic N) is 1. The first-order valence-electron chi connectivity index (χ1n) is 6.69. The standard InChI is InChI=1S/C15H21NO/c1-3-5-11-16-14(8-4-2)12-9-6-7-10-13(12)15(16)17/h6-7,9-10,14H,3-5,8,11H2,1-2H3. The van der Waals surface area contributed by atoms with E-state index >= 15 is 0 Å². The van der Waals surface area contributed by atoms with E-state index in [4.69, 9.17) is 0 Å². The van der Waals surface area contributed by atoms with Crippen LogP contribution in [0.15, 0.2) is 24.3 Å². The fourth-order valence-electron chi connectivity index (χ4n) is 2.62. The van der Waals surface area contributed by atoms with Crippen LogP contribution in [-0.2, 0) is 0 Å². The molecule has 2 heteroatoms. The summed E-state index contributed by atoms with van der Waals surface area (Å²) in [5.41, 5.74) is 2.15. The molecule has 1 aliphatic heterocycles. The van der Waals surface area contributed by atoms with Crippen molar-refractivity contribution >= 4 is 5.91 Å². The molecule has 1 unspecified atom stereocenters. The average molecular weight is 231 g/mol. The molecule has 1 heterocycles. The summed E-state index contributed by atoms with van der Waals surface area (Å²) in [7, 11) is 0. The summed E-state index contributed by atoms with van der Waals surface area (Å²) >= 11 is 0. The molecule has 0 saturated heterocycles. The number of hydrogen-bond acceptors (Lipinski definition) is 1. The van der Waals surface area contributed by atoms with Gasteiger partial charge in [-0.25, -0.2) is 0 Å². The minimum Gasteiger partial charge on any atom is -0.332 e. The van der Waals surface area contributed by atoms with Crippen molar-refractivity contribution in [1.82, 2.24) is 4.90 Å². The van der Waals surface area contributed by atoms with Gasteiger partial charge in [-0.3, -0.25) is 4.79 Å². The first-order valence-corrected chi connectivity index (χ1v) is 6.69. The highest BCUT2D eigenvalue weighted by Crippen LogP contribution is 2.36. The van der Waals surface area contributed by atoms with E-state index in [2.05, 4.69) is 24.8 Å². The lowest BCUT2D eigenvalue weighted by Crippen LogP contribution is -2.29. The van der Waals surface area contributed by atoms with Crippen LogP contribution in [0.1, 0.15) is 61.5 Å². The van der Waals surface area contributed by atoms with Gasteiger partial charge in [-0.2, -0.15) is 0 Å². The number of fused-ring (bicyclic) bond motifs is 1. The van der Waals surface area contributed by atoms with Gasteiger partial charge in [0.25, 0.3) is 5.91 Å². The fourth-order valence-corrected chi connectivity index (χ4v) is 2.62. The summed E-state index contributed by atoms with van der Waals surface area (Å²) in [4.78, 5) is 14.4. The lowest BCUT2D eigenvalue weighted by atomic mass is 10.0. The summed E-state index contributed by atoms with van der Waals surface area (Å²) in [5, 5.41) is 0. The van der Waals surface area contributed by atoms with Crippen molar-refractivity contribution in [2.75, 3.05) is 6.54 Å². The van der Waals surface area contributed by atoms with Crippen molar-refractivity contribution < 1.29 is 4.79 Å². The quantitative estimate of drug-likeness (QED) is 0.755. The fraction of sp³-hybridized carbons (Fsp3) is 0.533. The highest BCUT2D eigenvalue weighted by atomic mass is 16.2. The van der Waals surface area contributed by atoms with Gasteiger partial charge in [-0.1, -0.05) is 44.9 Å². The van der Waals surface area contributed by atoms with E-state index in [1.165, 1.54) is 5.56 Å². The summed E-state index contributed by atoms with van der Waals surface area (Å²) < 4.78 is 0. The molecule has 1 aromatic carbocycles. The summed E-state index contributed by atoms with van der Waals surface area (Å²) in [5.74, 6) is 0.229. The predicted molar refractivity (Wildman–Crippen MR) is 70.0 cm³/mol. The lowest BCUT2D eigenvalue weighted by molar-refractivity contribution is 0.0714. The van der Waals surface area contributed by atoms with Gasteiger partial charge < -0.3 is 4.90 Å². The summed E-state index contributed by atoms with van der Waals surface area (Å²) in [6, 6.07) is 8.39. The van der Waals surface area contributed by atoms with Gasteiger partial charge in [-0.05, 0) is 24.5 Å². The molecule has 17 heavy (non-hydrogen) atoms. The maximum Gasteiger partial charge on any atom is 0.254 e. The Morgan fingerprint density at radius 2 is 1.94 bits per heavy atom. The van der Waals surface area contributed by atoms with Crippen LogP contribution < -0.4 is 0 Å². The topological polar surface area (TPSA) is 20.3 Å². The zero-order valence-electron chi connectivity index (χ0n) is 10.8. The molecule has 0 N–H and O–H groups in total. The molecule has 92 valence electrons. The molecule has 1 atom stereocenters. The van der Waals surface area contributed by atoms with Gasteiger partial charge in [0.05, 0.1) is 6.04 Å². The molecule has 2 rings (SSSR count). The van der Waals surface area contributed by atoms with Crippen molar-refractivity contribution in [2.24, 2.45) is 0 Å². The average Bonchev–Trinajstić information content (AvgIpc) is 2.62. The van der Waals surface area contributed by atoms with Crippen LogP contribution in [0, 0.1) is 0 Å². The predicted octanol–water partition coefficient (Wildman–Crippen LogP) is 3.78. The van der Waals surface area contributed by atoms with Gasteiger partial charge in [0.1, 0.15) is 0 Å². The summed E-state index contributed by atoms with van der Waals surface area (Å²) in [6.07, 6.45) is 4.43. The molecule has 0 bridgehead atoms. The van der Waals surface area contributed by atoms with Gasteiger partial charge in [0.15, 0.2) is 0 Å². The highest BCUT2D eigenvalue weighted by Gasteiger charge is 2.34. The molecule has 0 aliphatic carbocycles. The van der Waals surface area contributed by atoms with Gasteiger partial charge >= 0.3 is 0 Å². The van der Waals surface area contributed by atoms with Crippen molar-refractivity contribution in [2.45, 2.75) is 45.6 Å². The van der Waals surface area contributed by atoms with E-state index in [9.17, 15) is 4.79 Å². The Morgan fingerprint density at radius 3 is 2.65 bits per heavy atom. The molecule has 1 amide bonds. The number of unbranched alkanes of at least 4 members (excludes halogenated alkanes) is 1. The number of carbonyl (C=O) groups is 1. The largest absolute Gasteiger partial charge is 0.332 e. The third-order valence-electron chi connectivity index (χ3n) is 3.50. The molecule has 2 nitrogen and oxygen atoms in total. The first kappa shape index (κ1) is 12.2. The molecule has 0 radical (unpaired) electrons. The number of hydrogen-bond donors (Lipinski definition) is 0. The second-order valence-corrected chi connectivity index (χ2v) is 4.74. The van der Waals surface area contributed by atoms with Gasteiger partial charge in [-0.15, -0.1) is 0 Å². The lowest BCUT2D eigenvalue weighted by Gasteiger charge is -2.25. The number of amides is 1. The van der Waals surface area contributed by atoms with Crippen molar-refractivity contribution in [3.8, 4) is 0 Å². The Bertz CT molecular complexity index is 400. The van der Waals surface area contributed by atoms with Crippen LogP contribution in [0.25, 0.3) is 0 Å². The van der Waals surface area contributed by atoms with Crippen LogP contribution >= 0.6 is 0 Å². The Balaban J connectivity index is 2.27. The van der Waals surface area contributed by atoms with Crippen LogP contribution in [0.5, 0.6) is 0 Å². The molecular formula is C15H21NO. The molecule has 1 aromatic rings.